The topological polar surface area (TPSA) is 119 Å². The number of sulfonamides is 1. The second-order valence-electron chi connectivity index (χ2n) is 6.01. The number of hydrogen-bond donors (Lipinski definition) is 3. The highest BCUT2D eigenvalue weighted by Crippen LogP contribution is 2.29. The molecule has 2 aromatic carbocycles. The Bertz CT molecular complexity index is 1170. The summed E-state index contributed by atoms with van der Waals surface area (Å²) in [7, 11) is -2.40. The van der Waals surface area contributed by atoms with Crippen LogP contribution in [0.5, 0.6) is 5.75 Å². The summed E-state index contributed by atoms with van der Waals surface area (Å²) in [4.78, 5) is 7.93. The molecule has 0 unspecified atom stereocenters. The normalized spacial score (nSPS) is 11.2. The number of rotatable bonds is 6. The predicted octanol–water partition coefficient (Wildman–Crippen LogP) is 3.72. The first-order chi connectivity index (χ1) is 13.7. The zero-order valence-corrected chi connectivity index (χ0v) is 17.0. The summed E-state index contributed by atoms with van der Waals surface area (Å²) in [6.45, 7) is 1.62. The van der Waals surface area contributed by atoms with E-state index in [1.807, 2.05) is 0 Å². The maximum atomic E-state index is 14.1. The van der Waals surface area contributed by atoms with Gasteiger partial charge in [-0.2, -0.15) is 4.98 Å². The third-order valence-electron chi connectivity index (χ3n) is 3.91. The molecule has 3 aromatic rings. The summed E-state index contributed by atoms with van der Waals surface area (Å²) in [5, 5.41) is 11.2. The summed E-state index contributed by atoms with van der Waals surface area (Å²) in [5.74, 6) is -0.246. The molecule has 0 aliphatic carbocycles. The van der Waals surface area contributed by atoms with Gasteiger partial charge in [-0.05, 0) is 42.8 Å². The van der Waals surface area contributed by atoms with Crippen molar-refractivity contribution in [1.29, 1.82) is 0 Å². The molecular formula is C18H17ClFN5O3S. The van der Waals surface area contributed by atoms with Crippen molar-refractivity contribution in [3.05, 3.63) is 59.0 Å². The zero-order chi connectivity index (χ0) is 21.2. The first-order valence-corrected chi connectivity index (χ1v) is 10.1. The van der Waals surface area contributed by atoms with Gasteiger partial charge in [0.25, 0.3) is 0 Å². The summed E-state index contributed by atoms with van der Waals surface area (Å²) in [5.41, 5.74) is 1.37. The molecule has 1 aromatic heterocycles. The average molecular weight is 438 g/mol. The van der Waals surface area contributed by atoms with E-state index in [-0.39, 0.29) is 16.7 Å². The molecule has 4 N–H and O–H groups in total. The molecular weight excluding hydrogens is 421 g/mol. The summed E-state index contributed by atoms with van der Waals surface area (Å²) in [6, 6.07) is 9.42. The molecule has 0 bridgehead atoms. The van der Waals surface area contributed by atoms with Crippen molar-refractivity contribution in [2.75, 3.05) is 17.7 Å². The van der Waals surface area contributed by atoms with E-state index in [9.17, 15) is 12.8 Å². The van der Waals surface area contributed by atoms with E-state index in [0.717, 1.165) is 6.20 Å². The van der Waals surface area contributed by atoms with Crippen LogP contribution in [0.25, 0.3) is 0 Å². The fourth-order valence-corrected chi connectivity index (χ4v) is 3.58. The maximum Gasteiger partial charge on any atom is 0.238 e. The lowest BCUT2D eigenvalue weighted by molar-refractivity contribution is 0.415. The fourth-order valence-electron chi connectivity index (χ4n) is 2.51. The van der Waals surface area contributed by atoms with Crippen molar-refractivity contribution < 1.29 is 17.5 Å². The van der Waals surface area contributed by atoms with Crippen molar-refractivity contribution in [3.63, 3.8) is 0 Å². The van der Waals surface area contributed by atoms with Crippen molar-refractivity contribution in [2.45, 2.75) is 11.8 Å². The van der Waals surface area contributed by atoms with Crippen LogP contribution in [0.4, 0.5) is 27.5 Å². The van der Waals surface area contributed by atoms with E-state index in [1.165, 1.54) is 13.2 Å². The van der Waals surface area contributed by atoms with E-state index in [0.29, 0.717) is 27.7 Å². The van der Waals surface area contributed by atoms with Crippen LogP contribution in [-0.4, -0.2) is 25.5 Å². The van der Waals surface area contributed by atoms with Crippen molar-refractivity contribution in [3.8, 4) is 5.75 Å². The number of aromatic nitrogens is 2. The Hall–Kier alpha value is -2.95. The van der Waals surface area contributed by atoms with Crippen LogP contribution in [0.3, 0.4) is 0 Å². The molecule has 0 aliphatic rings. The minimum absolute atomic E-state index is 0.0316. The molecule has 0 amide bonds. The van der Waals surface area contributed by atoms with Gasteiger partial charge in [-0.25, -0.2) is 22.9 Å². The Kier molecular flexibility index (Phi) is 5.87. The van der Waals surface area contributed by atoms with E-state index in [2.05, 4.69) is 20.6 Å². The standard InChI is InChI=1S/C18H17ClFN5O3S/c1-10-3-4-12(8-16(10)29(21,26)27)24-18-22-9-14(20)17(25-18)23-11-5-6-15(28-2)13(19)7-11/h3-9H,1-2H3,(H2,21,26,27)(H2,22,23,24,25). The van der Waals surface area contributed by atoms with Crippen LogP contribution in [-0.2, 0) is 10.0 Å². The van der Waals surface area contributed by atoms with E-state index in [4.69, 9.17) is 21.5 Å². The molecule has 0 saturated carbocycles. The molecule has 1 heterocycles. The number of anilines is 4. The fraction of sp³-hybridized carbons (Fsp3) is 0.111. The van der Waals surface area contributed by atoms with E-state index >= 15 is 0 Å². The van der Waals surface area contributed by atoms with Crippen molar-refractivity contribution in [1.82, 2.24) is 9.97 Å². The zero-order valence-electron chi connectivity index (χ0n) is 15.4. The third kappa shape index (κ3) is 4.91. The van der Waals surface area contributed by atoms with Crippen LogP contribution in [0, 0.1) is 12.7 Å². The van der Waals surface area contributed by atoms with Gasteiger partial charge in [0.15, 0.2) is 11.6 Å². The van der Waals surface area contributed by atoms with E-state index < -0.39 is 15.8 Å². The third-order valence-corrected chi connectivity index (χ3v) is 5.26. The maximum absolute atomic E-state index is 14.1. The number of nitrogens with one attached hydrogen (secondary N) is 2. The number of primary sulfonamides is 1. The minimum atomic E-state index is -3.89. The quantitative estimate of drug-likeness (QED) is 0.537. The molecule has 152 valence electrons. The first-order valence-electron chi connectivity index (χ1n) is 8.21. The lowest BCUT2D eigenvalue weighted by atomic mass is 10.2. The monoisotopic (exact) mass is 437 g/mol. The number of ether oxygens (including phenoxy) is 1. The van der Waals surface area contributed by atoms with Gasteiger partial charge >= 0.3 is 0 Å². The van der Waals surface area contributed by atoms with Gasteiger partial charge in [-0.15, -0.1) is 0 Å². The number of methoxy groups -OCH3 is 1. The molecule has 11 heteroatoms. The number of aryl methyl sites for hydroxylation is 1. The molecule has 0 fully saturated rings. The summed E-state index contributed by atoms with van der Waals surface area (Å²) >= 11 is 6.08. The second kappa shape index (κ2) is 8.19. The van der Waals surface area contributed by atoms with Crippen LogP contribution in [0.15, 0.2) is 47.5 Å². The van der Waals surface area contributed by atoms with Gasteiger partial charge in [0.2, 0.25) is 16.0 Å². The highest BCUT2D eigenvalue weighted by Gasteiger charge is 2.14. The predicted molar refractivity (Wildman–Crippen MR) is 109 cm³/mol. The first kappa shape index (κ1) is 20.8. The Morgan fingerprint density at radius 2 is 1.83 bits per heavy atom. The lowest BCUT2D eigenvalue weighted by Gasteiger charge is -2.12. The van der Waals surface area contributed by atoms with Crippen LogP contribution >= 0.6 is 11.6 Å². The molecule has 0 radical (unpaired) electrons. The van der Waals surface area contributed by atoms with Gasteiger partial charge in [0, 0.05) is 11.4 Å². The molecule has 0 aliphatic heterocycles. The number of nitrogens with zero attached hydrogens (tertiary/aromatic N) is 2. The second-order valence-corrected chi connectivity index (χ2v) is 7.95. The molecule has 0 saturated heterocycles. The smallest absolute Gasteiger partial charge is 0.238 e. The van der Waals surface area contributed by atoms with Gasteiger partial charge in [-0.1, -0.05) is 17.7 Å². The molecule has 3 rings (SSSR count). The molecule has 0 spiro atoms. The van der Waals surface area contributed by atoms with Crippen LogP contribution < -0.4 is 20.5 Å². The number of halogens is 2. The molecule has 0 atom stereocenters. The van der Waals surface area contributed by atoms with Gasteiger partial charge < -0.3 is 15.4 Å². The van der Waals surface area contributed by atoms with Gasteiger partial charge in [0.1, 0.15) is 5.75 Å². The summed E-state index contributed by atoms with van der Waals surface area (Å²) in [6.07, 6.45) is 0.984. The van der Waals surface area contributed by atoms with Crippen LogP contribution in [0.1, 0.15) is 5.56 Å². The largest absolute Gasteiger partial charge is 0.495 e. The summed E-state index contributed by atoms with van der Waals surface area (Å²) < 4.78 is 42.6. The minimum Gasteiger partial charge on any atom is -0.495 e. The highest BCUT2D eigenvalue weighted by atomic mass is 35.5. The number of benzene rings is 2. The van der Waals surface area contributed by atoms with E-state index in [1.54, 1.807) is 37.3 Å². The number of hydrogen-bond acceptors (Lipinski definition) is 7. The van der Waals surface area contributed by atoms with Crippen LogP contribution in [0.2, 0.25) is 5.02 Å². The Labute approximate surface area is 171 Å². The van der Waals surface area contributed by atoms with Gasteiger partial charge in [0.05, 0.1) is 23.2 Å². The van der Waals surface area contributed by atoms with Crippen molar-refractivity contribution in [2.24, 2.45) is 5.14 Å². The Morgan fingerprint density at radius 3 is 2.48 bits per heavy atom. The number of nitrogens with two attached hydrogens (primary N) is 1. The van der Waals surface area contributed by atoms with Crippen molar-refractivity contribution >= 4 is 44.8 Å². The highest BCUT2D eigenvalue weighted by molar-refractivity contribution is 7.89. The SMILES string of the molecule is COc1ccc(Nc2nc(Nc3ccc(C)c(S(N)(=O)=O)c3)ncc2F)cc1Cl. The van der Waals surface area contributed by atoms with Gasteiger partial charge in [-0.3, -0.25) is 0 Å². The molecule has 8 nitrogen and oxygen atoms in total. The average Bonchev–Trinajstić information content (AvgIpc) is 2.65. The molecule has 29 heavy (non-hydrogen) atoms. The Morgan fingerprint density at radius 1 is 1.14 bits per heavy atom. The Balaban J connectivity index is 1.87. The lowest BCUT2D eigenvalue weighted by Crippen LogP contribution is -2.14.